The molecule has 9 heteroatoms. The third kappa shape index (κ3) is 4.37. The summed E-state index contributed by atoms with van der Waals surface area (Å²) in [5.41, 5.74) is 0.140. The van der Waals surface area contributed by atoms with E-state index in [4.69, 9.17) is 11.6 Å². The molecule has 2 rings (SSSR count). The molecule has 2 aromatic heterocycles. The highest BCUT2D eigenvalue weighted by molar-refractivity contribution is 7.99. The van der Waals surface area contributed by atoms with Crippen LogP contribution in [0.4, 0.5) is 5.13 Å². The number of halogens is 1. The fourth-order valence-electron chi connectivity index (χ4n) is 1.45. The summed E-state index contributed by atoms with van der Waals surface area (Å²) in [6.07, 6.45) is 1.44. The van der Waals surface area contributed by atoms with Gasteiger partial charge in [-0.05, 0) is 0 Å². The van der Waals surface area contributed by atoms with Gasteiger partial charge >= 0.3 is 0 Å². The van der Waals surface area contributed by atoms with Gasteiger partial charge in [0.1, 0.15) is 5.01 Å². The molecule has 0 saturated heterocycles. The van der Waals surface area contributed by atoms with Gasteiger partial charge < -0.3 is 0 Å². The molecule has 118 valence electrons. The van der Waals surface area contributed by atoms with Gasteiger partial charge in [-0.3, -0.25) is 10.1 Å². The smallest absolute Gasteiger partial charge is 0.277 e. The van der Waals surface area contributed by atoms with Crippen molar-refractivity contribution in [2.75, 3.05) is 5.32 Å². The molecular formula is C13H16ClN5OS2. The predicted octanol–water partition coefficient (Wildman–Crippen LogP) is 3.86. The van der Waals surface area contributed by atoms with E-state index in [1.54, 1.807) is 0 Å². The van der Waals surface area contributed by atoms with Crippen LogP contribution < -0.4 is 5.32 Å². The van der Waals surface area contributed by atoms with Crippen LogP contribution in [0.15, 0.2) is 11.4 Å². The molecule has 0 radical (unpaired) electrons. The molecule has 0 atom stereocenters. The Morgan fingerprint density at radius 3 is 2.64 bits per heavy atom. The maximum absolute atomic E-state index is 12.3. The molecule has 0 aromatic carbocycles. The van der Waals surface area contributed by atoms with Crippen LogP contribution in [0.2, 0.25) is 5.02 Å². The molecule has 0 fully saturated rings. The first-order valence-corrected chi connectivity index (χ1v) is 8.78. The number of hydrogen-bond donors (Lipinski definition) is 1. The van der Waals surface area contributed by atoms with Crippen molar-refractivity contribution in [3.8, 4) is 0 Å². The Labute approximate surface area is 142 Å². The second-order valence-corrected chi connectivity index (χ2v) is 8.03. The van der Waals surface area contributed by atoms with Crippen LogP contribution in [0, 0.1) is 0 Å². The zero-order valence-corrected chi connectivity index (χ0v) is 15.0. The van der Waals surface area contributed by atoms with E-state index in [0.29, 0.717) is 15.5 Å². The van der Waals surface area contributed by atoms with E-state index in [-0.39, 0.29) is 16.6 Å². The summed E-state index contributed by atoms with van der Waals surface area (Å²) in [4.78, 5) is 20.6. The van der Waals surface area contributed by atoms with E-state index in [1.165, 1.54) is 29.3 Å². The SMILES string of the molecule is CC(C)Sc1ncc(Cl)c(C(=O)Nc2nnc(C(C)C)s2)n1. The molecule has 0 bridgehead atoms. The van der Waals surface area contributed by atoms with Crippen molar-refractivity contribution in [2.45, 2.75) is 44.0 Å². The number of thioether (sulfide) groups is 1. The van der Waals surface area contributed by atoms with Crippen molar-refractivity contribution in [2.24, 2.45) is 0 Å². The predicted molar refractivity (Wildman–Crippen MR) is 90.0 cm³/mol. The Bertz CT molecular complexity index is 674. The minimum atomic E-state index is -0.413. The number of aromatic nitrogens is 4. The molecule has 0 unspecified atom stereocenters. The van der Waals surface area contributed by atoms with Gasteiger partial charge in [-0.15, -0.1) is 10.2 Å². The fraction of sp³-hybridized carbons (Fsp3) is 0.462. The van der Waals surface area contributed by atoms with Gasteiger partial charge in [0.05, 0.1) is 11.2 Å². The summed E-state index contributed by atoms with van der Waals surface area (Å²) >= 11 is 8.83. The summed E-state index contributed by atoms with van der Waals surface area (Å²) in [6, 6.07) is 0. The van der Waals surface area contributed by atoms with E-state index in [9.17, 15) is 4.79 Å². The molecule has 1 N–H and O–H groups in total. The first-order valence-electron chi connectivity index (χ1n) is 6.70. The summed E-state index contributed by atoms with van der Waals surface area (Å²) < 4.78 is 0. The van der Waals surface area contributed by atoms with E-state index in [2.05, 4.69) is 25.5 Å². The van der Waals surface area contributed by atoms with E-state index >= 15 is 0 Å². The van der Waals surface area contributed by atoms with Gasteiger partial charge in [0.25, 0.3) is 5.91 Å². The van der Waals surface area contributed by atoms with Gasteiger partial charge in [-0.2, -0.15) is 0 Å². The Hall–Kier alpha value is -1.25. The summed E-state index contributed by atoms with van der Waals surface area (Å²) in [7, 11) is 0. The van der Waals surface area contributed by atoms with Gasteiger partial charge in [-0.1, -0.05) is 62.4 Å². The number of carbonyl (C=O) groups excluding carboxylic acids is 1. The average Bonchev–Trinajstić information content (AvgIpc) is 2.89. The zero-order valence-electron chi connectivity index (χ0n) is 12.6. The lowest BCUT2D eigenvalue weighted by Crippen LogP contribution is -2.15. The summed E-state index contributed by atoms with van der Waals surface area (Å²) in [5.74, 6) is -0.149. The van der Waals surface area contributed by atoms with Gasteiger partial charge in [-0.25, -0.2) is 9.97 Å². The van der Waals surface area contributed by atoms with E-state index in [0.717, 1.165) is 5.01 Å². The highest BCUT2D eigenvalue weighted by atomic mass is 35.5. The number of anilines is 1. The van der Waals surface area contributed by atoms with Crippen LogP contribution in [0.5, 0.6) is 0 Å². The third-order valence-corrected chi connectivity index (χ3v) is 4.73. The minimum absolute atomic E-state index is 0.140. The Morgan fingerprint density at radius 1 is 1.32 bits per heavy atom. The van der Waals surface area contributed by atoms with Gasteiger partial charge in [0.15, 0.2) is 10.9 Å². The van der Waals surface area contributed by atoms with Crippen molar-refractivity contribution in [3.63, 3.8) is 0 Å². The number of nitrogens with zero attached hydrogens (tertiary/aromatic N) is 4. The number of nitrogens with one attached hydrogen (secondary N) is 1. The molecule has 0 spiro atoms. The molecule has 0 saturated carbocycles. The van der Waals surface area contributed by atoms with Crippen molar-refractivity contribution in [1.29, 1.82) is 0 Å². The van der Waals surface area contributed by atoms with Crippen molar-refractivity contribution >= 4 is 45.7 Å². The van der Waals surface area contributed by atoms with E-state index in [1.807, 2.05) is 27.7 Å². The van der Waals surface area contributed by atoms with Crippen LogP contribution in [0.1, 0.15) is 49.1 Å². The Kier molecular flexibility index (Phi) is 5.71. The summed E-state index contributed by atoms with van der Waals surface area (Å²) in [5, 5.41) is 13.0. The first kappa shape index (κ1) is 17.1. The lowest BCUT2D eigenvalue weighted by Gasteiger charge is -2.06. The van der Waals surface area contributed by atoms with Gasteiger partial charge in [0.2, 0.25) is 5.13 Å². The molecule has 0 aliphatic heterocycles. The third-order valence-electron chi connectivity index (χ3n) is 2.43. The molecule has 2 aromatic rings. The number of rotatable bonds is 5. The lowest BCUT2D eigenvalue weighted by atomic mass is 10.2. The normalized spacial score (nSPS) is 11.2. The van der Waals surface area contributed by atoms with E-state index < -0.39 is 5.91 Å². The standard InChI is InChI=1S/C13H16ClN5OS2/c1-6(2)11-18-19-13(22-11)17-10(20)9-8(14)5-15-12(16-9)21-7(3)4/h5-7H,1-4H3,(H,17,19,20). The number of amides is 1. The minimum Gasteiger partial charge on any atom is -0.295 e. The quantitative estimate of drug-likeness (QED) is 0.646. The fourth-order valence-corrected chi connectivity index (χ4v) is 3.05. The maximum atomic E-state index is 12.3. The largest absolute Gasteiger partial charge is 0.295 e. The second-order valence-electron chi connectivity index (χ2n) is 5.07. The van der Waals surface area contributed by atoms with Crippen LogP contribution >= 0.6 is 34.7 Å². The van der Waals surface area contributed by atoms with Crippen LogP contribution in [-0.4, -0.2) is 31.3 Å². The maximum Gasteiger partial charge on any atom is 0.277 e. The molecule has 6 nitrogen and oxygen atoms in total. The van der Waals surface area contributed by atoms with Crippen molar-refractivity contribution < 1.29 is 4.79 Å². The molecule has 2 heterocycles. The zero-order chi connectivity index (χ0) is 16.3. The van der Waals surface area contributed by atoms with Gasteiger partial charge in [0, 0.05) is 11.2 Å². The average molecular weight is 358 g/mol. The van der Waals surface area contributed by atoms with Crippen LogP contribution in [0.3, 0.4) is 0 Å². The molecule has 22 heavy (non-hydrogen) atoms. The highest BCUT2D eigenvalue weighted by Crippen LogP contribution is 2.25. The highest BCUT2D eigenvalue weighted by Gasteiger charge is 2.17. The number of carbonyl (C=O) groups is 1. The second kappa shape index (κ2) is 7.34. The van der Waals surface area contributed by atoms with Crippen LogP contribution in [0.25, 0.3) is 0 Å². The van der Waals surface area contributed by atoms with Crippen molar-refractivity contribution in [3.05, 3.63) is 21.9 Å². The lowest BCUT2D eigenvalue weighted by molar-refractivity contribution is 0.102. The topological polar surface area (TPSA) is 80.7 Å². The summed E-state index contributed by atoms with van der Waals surface area (Å²) in [6.45, 7) is 8.08. The molecular weight excluding hydrogens is 342 g/mol. The molecule has 0 aliphatic rings. The molecule has 1 amide bonds. The Morgan fingerprint density at radius 2 is 2.05 bits per heavy atom. The molecule has 0 aliphatic carbocycles. The van der Waals surface area contributed by atoms with Crippen molar-refractivity contribution in [1.82, 2.24) is 20.2 Å². The Balaban J connectivity index is 2.17. The monoisotopic (exact) mass is 357 g/mol. The van der Waals surface area contributed by atoms with Crippen LogP contribution in [-0.2, 0) is 0 Å². The first-order chi connectivity index (χ1) is 10.4. The number of hydrogen-bond acceptors (Lipinski definition) is 7.